The van der Waals surface area contributed by atoms with Gasteiger partial charge in [-0.15, -0.1) is 11.3 Å². The van der Waals surface area contributed by atoms with Gasteiger partial charge < -0.3 is 15.4 Å². The van der Waals surface area contributed by atoms with Crippen molar-refractivity contribution in [3.63, 3.8) is 0 Å². The number of hydrogen-bond donors (Lipinski definition) is 2. The lowest BCUT2D eigenvalue weighted by Crippen LogP contribution is -2.37. The van der Waals surface area contributed by atoms with E-state index in [1.807, 2.05) is 6.20 Å². The summed E-state index contributed by atoms with van der Waals surface area (Å²) in [6.07, 6.45) is 3.97. The zero-order chi connectivity index (χ0) is 15.5. The summed E-state index contributed by atoms with van der Waals surface area (Å²) in [4.78, 5) is 9.91. The van der Waals surface area contributed by atoms with Crippen molar-refractivity contribution in [2.75, 3.05) is 26.8 Å². The first-order valence-corrected chi connectivity index (χ1v) is 8.43. The third kappa shape index (κ3) is 8.02. The summed E-state index contributed by atoms with van der Waals surface area (Å²) in [6, 6.07) is 0. The van der Waals surface area contributed by atoms with Gasteiger partial charge in [0.2, 0.25) is 0 Å². The van der Waals surface area contributed by atoms with Crippen LogP contribution in [-0.2, 0) is 17.7 Å². The van der Waals surface area contributed by atoms with Crippen LogP contribution < -0.4 is 10.6 Å². The molecule has 0 aliphatic rings. The normalized spacial score (nSPS) is 12.0. The lowest BCUT2D eigenvalue weighted by molar-refractivity contribution is 0.108. The third-order valence-electron chi connectivity index (χ3n) is 2.79. The number of aromatic nitrogens is 1. The van der Waals surface area contributed by atoms with Gasteiger partial charge in [-0.25, -0.2) is 4.98 Å². The van der Waals surface area contributed by atoms with E-state index in [1.165, 1.54) is 4.88 Å². The van der Waals surface area contributed by atoms with Gasteiger partial charge in [-0.3, -0.25) is 4.99 Å². The first kappa shape index (κ1) is 17.9. The van der Waals surface area contributed by atoms with Gasteiger partial charge in [0.05, 0.1) is 6.54 Å². The number of aliphatic imine (C=N–C) groups is 1. The summed E-state index contributed by atoms with van der Waals surface area (Å²) < 4.78 is 5.55. The Labute approximate surface area is 132 Å². The Morgan fingerprint density at radius 3 is 2.86 bits per heavy atom. The second-order valence-corrected chi connectivity index (χ2v) is 6.45. The van der Waals surface area contributed by atoms with Crippen LogP contribution in [-0.4, -0.2) is 37.7 Å². The average molecular weight is 312 g/mol. The number of ether oxygens (including phenoxy) is 1. The molecule has 0 aliphatic heterocycles. The van der Waals surface area contributed by atoms with Crippen molar-refractivity contribution < 1.29 is 4.74 Å². The van der Waals surface area contributed by atoms with Crippen LogP contribution in [0.1, 0.15) is 37.1 Å². The summed E-state index contributed by atoms with van der Waals surface area (Å²) >= 11 is 1.75. The molecule has 1 heterocycles. The molecule has 0 bridgehead atoms. The minimum absolute atomic E-state index is 0.596. The molecule has 5 nitrogen and oxygen atoms in total. The molecule has 2 N–H and O–H groups in total. The number of thiazole rings is 1. The Bertz CT molecular complexity index is 418. The maximum absolute atomic E-state index is 5.55. The van der Waals surface area contributed by atoms with Crippen molar-refractivity contribution in [3.8, 4) is 0 Å². The van der Waals surface area contributed by atoms with Crippen LogP contribution in [0.3, 0.4) is 0 Å². The van der Waals surface area contributed by atoms with Crippen LogP contribution in [0.25, 0.3) is 0 Å². The summed E-state index contributed by atoms with van der Waals surface area (Å²) in [7, 11) is 1.78. The second-order valence-electron chi connectivity index (χ2n) is 5.25. The van der Waals surface area contributed by atoms with Crippen LogP contribution in [0.2, 0.25) is 0 Å². The summed E-state index contributed by atoms with van der Waals surface area (Å²) in [5.74, 6) is 1.41. The molecular weight excluding hydrogens is 284 g/mol. The van der Waals surface area contributed by atoms with Crippen LogP contribution in [0.5, 0.6) is 0 Å². The summed E-state index contributed by atoms with van der Waals surface area (Å²) in [5, 5.41) is 7.66. The Hall–Kier alpha value is -1.14. The van der Waals surface area contributed by atoms with E-state index in [-0.39, 0.29) is 0 Å². The molecule has 0 saturated carbocycles. The van der Waals surface area contributed by atoms with Gasteiger partial charge in [-0.1, -0.05) is 20.8 Å². The van der Waals surface area contributed by atoms with Crippen molar-refractivity contribution in [3.05, 3.63) is 16.1 Å². The zero-order valence-electron chi connectivity index (χ0n) is 13.6. The van der Waals surface area contributed by atoms with Crippen LogP contribution in [0.4, 0.5) is 0 Å². The number of hydrogen-bond acceptors (Lipinski definition) is 4. The number of nitrogens with one attached hydrogen (secondary N) is 2. The Kier molecular flexibility index (Phi) is 9.01. The molecule has 120 valence electrons. The van der Waals surface area contributed by atoms with Gasteiger partial charge in [-0.05, 0) is 18.8 Å². The highest BCUT2D eigenvalue weighted by Crippen LogP contribution is 2.12. The van der Waals surface area contributed by atoms with Gasteiger partial charge in [0.15, 0.2) is 5.96 Å². The molecule has 0 aromatic carbocycles. The fraction of sp³-hybridized carbons (Fsp3) is 0.733. The fourth-order valence-electron chi connectivity index (χ4n) is 1.67. The average Bonchev–Trinajstić information content (AvgIpc) is 2.93. The third-order valence-corrected chi connectivity index (χ3v) is 3.93. The molecule has 0 unspecified atom stereocenters. The number of nitrogens with zero attached hydrogens (tertiary/aromatic N) is 2. The van der Waals surface area contributed by atoms with Crippen molar-refractivity contribution in [2.24, 2.45) is 10.9 Å². The van der Waals surface area contributed by atoms with E-state index in [1.54, 1.807) is 18.4 Å². The molecule has 6 heteroatoms. The molecule has 0 fully saturated rings. The second kappa shape index (κ2) is 10.6. The maximum atomic E-state index is 5.55. The lowest BCUT2D eigenvalue weighted by Gasteiger charge is -2.11. The molecule has 21 heavy (non-hydrogen) atoms. The molecule has 0 amide bonds. The van der Waals surface area contributed by atoms with Crippen LogP contribution in [0.15, 0.2) is 11.2 Å². The largest absolute Gasteiger partial charge is 0.381 e. The molecular formula is C15H28N4OS. The first-order chi connectivity index (χ1) is 10.2. The van der Waals surface area contributed by atoms with Gasteiger partial charge in [0, 0.05) is 37.9 Å². The molecule has 1 aromatic rings. The van der Waals surface area contributed by atoms with E-state index < -0.39 is 0 Å². The van der Waals surface area contributed by atoms with E-state index >= 15 is 0 Å². The Morgan fingerprint density at radius 2 is 2.24 bits per heavy atom. The minimum Gasteiger partial charge on any atom is -0.381 e. The Morgan fingerprint density at radius 1 is 1.43 bits per heavy atom. The highest BCUT2D eigenvalue weighted by atomic mass is 32.1. The van der Waals surface area contributed by atoms with Gasteiger partial charge in [0.25, 0.3) is 0 Å². The van der Waals surface area contributed by atoms with E-state index in [9.17, 15) is 0 Å². The van der Waals surface area contributed by atoms with Gasteiger partial charge >= 0.3 is 0 Å². The summed E-state index contributed by atoms with van der Waals surface area (Å²) in [5.41, 5.74) is 0. The molecule has 0 radical (unpaired) electrons. The van der Waals surface area contributed by atoms with Crippen molar-refractivity contribution in [2.45, 2.75) is 40.2 Å². The highest BCUT2D eigenvalue weighted by molar-refractivity contribution is 7.11. The quantitative estimate of drug-likeness (QED) is 0.418. The molecule has 0 saturated heterocycles. The predicted molar refractivity (Wildman–Crippen MR) is 90.0 cm³/mol. The lowest BCUT2D eigenvalue weighted by atomic mass is 10.2. The molecule has 1 aromatic heterocycles. The predicted octanol–water partition coefficient (Wildman–Crippen LogP) is 2.43. The summed E-state index contributed by atoms with van der Waals surface area (Å²) in [6.45, 7) is 9.65. The van der Waals surface area contributed by atoms with Crippen molar-refractivity contribution >= 4 is 17.3 Å². The van der Waals surface area contributed by atoms with Crippen LogP contribution >= 0.6 is 11.3 Å². The maximum Gasteiger partial charge on any atom is 0.191 e. The van der Waals surface area contributed by atoms with Crippen molar-refractivity contribution in [1.82, 2.24) is 15.6 Å². The SMILES string of the molecule is CCc1cnc(CNC(=NC)NCCCOCC(C)C)s1. The van der Waals surface area contributed by atoms with E-state index in [0.29, 0.717) is 12.5 Å². The smallest absolute Gasteiger partial charge is 0.191 e. The number of guanidine groups is 1. The zero-order valence-corrected chi connectivity index (χ0v) is 14.4. The van der Waals surface area contributed by atoms with Crippen molar-refractivity contribution in [1.29, 1.82) is 0 Å². The number of rotatable bonds is 9. The first-order valence-electron chi connectivity index (χ1n) is 7.61. The molecule has 0 atom stereocenters. The topological polar surface area (TPSA) is 58.5 Å². The molecule has 1 rings (SSSR count). The van der Waals surface area contributed by atoms with Gasteiger partial charge in [0.1, 0.15) is 5.01 Å². The standard InChI is InChI=1S/C15H28N4OS/c1-5-13-9-18-14(21-13)10-19-15(16-4)17-7-6-8-20-11-12(2)3/h9,12H,5-8,10-11H2,1-4H3,(H2,16,17,19). The van der Waals surface area contributed by atoms with E-state index in [4.69, 9.17) is 4.74 Å². The van der Waals surface area contributed by atoms with Gasteiger partial charge in [-0.2, -0.15) is 0 Å². The Balaban J connectivity index is 2.14. The fourth-order valence-corrected chi connectivity index (χ4v) is 2.48. The monoisotopic (exact) mass is 312 g/mol. The minimum atomic E-state index is 0.596. The molecule has 0 aliphatic carbocycles. The van der Waals surface area contributed by atoms with E-state index in [0.717, 1.165) is 43.6 Å². The van der Waals surface area contributed by atoms with E-state index in [2.05, 4.69) is 41.4 Å². The highest BCUT2D eigenvalue weighted by Gasteiger charge is 2.02. The van der Waals surface area contributed by atoms with Crippen LogP contribution in [0, 0.1) is 5.92 Å². The molecule has 0 spiro atoms. The number of aryl methyl sites for hydroxylation is 1.